The number of aromatic nitrogens is 3. The molecule has 0 spiro atoms. The van der Waals surface area contributed by atoms with Gasteiger partial charge in [0.1, 0.15) is 17.9 Å². The zero-order valence-corrected chi connectivity index (χ0v) is 16.7. The molecule has 0 bridgehead atoms. The van der Waals surface area contributed by atoms with Crippen LogP contribution in [0.15, 0.2) is 57.9 Å². The number of benzene rings is 1. The summed E-state index contributed by atoms with van der Waals surface area (Å²) in [7, 11) is 0. The number of rotatable bonds is 6. The first-order valence-corrected chi connectivity index (χ1v) is 9.30. The predicted molar refractivity (Wildman–Crippen MR) is 105 cm³/mol. The summed E-state index contributed by atoms with van der Waals surface area (Å²) in [6, 6.07) is 11.5. The van der Waals surface area contributed by atoms with Crippen molar-refractivity contribution in [1.29, 1.82) is 0 Å². The number of anilines is 1. The monoisotopic (exact) mass is 462 g/mol. The van der Waals surface area contributed by atoms with Crippen LogP contribution in [0.3, 0.4) is 0 Å². The standard InChI is InChI=1S/C18H16Br2N4O/c1-12-17(20)18(24-11-23-12)21-9-8-13-2-7-16(22-10-13)25-15-5-3-14(19)4-6-15/h2-7,10-11H,8-9H2,1H3,(H,21,23,24). The average Bonchev–Trinajstić information content (AvgIpc) is 2.62. The summed E-state index contributed by atoms with van der Waals surface area (Å²) in [6.07, 6.45) is 4.22. The van der Waals surface area contributed by atoms with Gasteiger partial charge >= 0.3 is 0 Å². The van der Waals surface area contributed by atoms with Crippen molar-refractivity contribution in [3.8, 4) is 11.6 Å². The minimum atomic E-state index is 0.577. The highest BCUT2D eigenvalue weighted by molar-refractivity contribution is 9.10. The first-order valence-electron chi connectivity index (χ1n) is 7.71. The molecule has 7 heteroatoms. The number of nitrogens with zero attached hydrogens (tertiary/aromatic N) is 3. The van der Waals surface area contributed by atoms with Crippen molar-refractivity contribution in [2.45, 2.75) is 13.3 Å². The van der Waals surface area contributed by atoms with Gasteiger partial charge in [-0.2, -0.15) is 0 Å². The molecular formula is C18H16Br2N4O. The molecule has 1 aromatic carbocycles. The van der Waals surface area contributed by atoms with Gasteiger partial charge in [0.05, 0.1) is 10.2 Å². The van der Waals surface area contributed by atoms with Crippen LogP contribution in [0.4, 0.5) is 5.82 Å². The van der Waals surface area contributed by atoms with Crippen LogP contribution in [-0.2, 0) is 6.42 Å². The molecule has 128 valence electrons. The van der Waals surface area contributed by atoms with E-state index in [4.69, 9.17) is 4.74 Å². The van der Waals surface area contributed by atoms with E-state index in [2.05, 4.69) is 52.1 Å². The van der Waals surface area contributed by atoms with Crippen molar-refractivity contribution in [2.75, 3.05) is 11.9 Å². The van der Waals surface area contributed by atoms with Crippen LogP contribution in [-0.4, -0.2) is 21.5 Å². The Morgan fingerprint density at radius 3 is 2.52 bits per heavy atom. The Hall–Kier alpha value is -1.99. The Morgan fingerprint density at radius 1 is 1.00 bits per heavy atom. The molecule has 5 nitrogen and oxygen atoms in total. The smallest absolute Gasteiger partial charge is 0.219 e. The van der Waals surface area contributed by atoms with Crippen molar-refractivity contribution in [3.63, 3.8) is 0 Å². The maximum absolute atomic E-state index is 5.72. The van der Waals surface area contributed by atoms with Crippen molar-refractivity contribution < 1.29 is 4.74 Å². The van der Waals surface area contributed by atoms with Crippen molar-refractivity contribution >= 4 is 37.7 Å². The Balaban J connectivity index is 1.54. The summed E-state index contributed by atoms with van der Waals surface area (Å²) in [4.78, 5) is 12.7. The minimum absolute atomic E-state index is 0.577. The molecule has 0 radical (unpaired) electrons. The topological polar surface area (TPSA) is 59.9 Å². The van der Waals surface area contributed by atoms with Crippen LogP contribution in [0.2, 0.25) is 0 Å². The van der Waals surface area contributed by atoms with Crippen LogP contribution in [0.5, 0.6) is 11.6 Å². The van der Waals surface area contributed by atoms with Gasteiger partial charge in [-0.25, -0.2) is 15.0 Å². The van der Waals surface area contributed by atoms with Gasteiger partial charge in [0.2, 0.25) is 5.88 Å². The first-order chi connectivity index (χ1) is 12.1. The van der Waals surface area contributed by atoms with E-state index in [1.807, 2.05) is 49.5 Å². The van der Waals surface area contributed by atoms with E-state index in [1.54, 1.807) is 6.33 Å². The Kier molecular flexibility index (Phi) is 5.99. The summed E-state index contributed by atoms with van der Waals surface area (Å²) in [5, 5.41) is 3.30. The number of halogens is 2. The van der Waals surface area contributed by atoms with Gasteiger partial charge in [0.15, 0.2) is 0 Å². The van der Waals surface area contributed by atoms with Crippen molar-refractivity contribution in [3.05, 3.63) is 69.1 Å². The van der Waals surface area contributed by atoms with Gasteiger partial charge in [0, 0.05) is 23.3 Å². The summed E-state index contributed by atoms with van der Waals surface area (Å²) in [5.41, 5.74) is 2.03. The quantitative estimate of drug-likeness (QED) is 0.547. The van der Waals surface area contributed by atoms with Gasteiger partial charge in [-0.05, 0) is 59.1 Å². The van der Waals surface area contributed by atoms with Crippen molar-refractivity contribution in [1.82, 2.24) is 15.0 Å². The second-order valence-corrected chi connectivity index (χ2v) is 7.07. The zero-order valence-electron chi connectivity index (χ0n) is 13.5. The molecule has 2 aromatic heterocycles. The maximum atomic E-state index is 5.72. The lowest BCUT2D eigenvalue weighted by molar-refractivity contribution is 0.462. The third-order valence-electron chi connectivity index (χ3n) is 3.50. The van der Waals surface area contributed by atoms with Crippen LogP contribution in [0.25, 0.3) is 0 Å². The third kappa shape index (κ3) is 4.99. The molecule has 0 aliphatic heterocycles. The Labute approximate surface area is 163 Å². The molecule has 0 saturated carbocycles. The van der Waals surface area contributed by atoms with E-state index in [0.717, 1.165) is 44.7 Å². The first kappa shape index (κ1) is 17.8. The van der Waals surface area contributed by atoms with Crippen LogP contribution >= 0.6 is 31.9 Å². The van der Waals surface area contributed by atoms with E-state index < -0.39 is 0 Å². The average molecular weight is 464 g/mol. The number of hydrogen-bond acceptors (Lipinski definition) is 5. The fourth-order valence-corrected chi connectivity index (χ4v) is 2.76. The van der Waals surface area contributed by atoms with E-state index in [9.17, 15) is 0 Å². The lowest BCUT2D eigenvalue weighted by Crippen LogP contribution is -2.08. The molecule has 0 aliphatic carbocycles. The summed E-state index contributed by atoms with van der Waals surface area (Å²) < 4.78 is 7.63. The number of nitrogens with one attached hydrogen (secondary N) is 1. The summed E-state index contributed by atoms with van der Waals surface area (Å²) >= 11 is 6.89. The molecule has 0 aliphatic rings. The fraction of sp³-hybridized carbons (Fsp3) is 0.167. The highest BCUT2D eigenvalue weighted by Gasteiger charge is 2.05. The van der Waals surface area contributed by atoms with Crippen LogP contribution < -0.4 is 10.1 Å². The molecule has 0 unspecified atom stereocenters. The summed E-state index contributed by atoms with van der Waals surface area (Å²) in [6.45, 7) is 2.69. The van der Waals surface area contributed by atoms with Crippen molar-refractivity contribution in [2.24, 2.45) is 0 Å². The van der Waals surface area contributed by atoms with Gasteiger partial charge in [-0.3, -0.25) is 0 Å². The maximum Gasteiger partial charge on any atom is 0.219 e. The van der Waals surface area contributed by atoms with Gasteiger partial charge in [-0.1, -0.05) is 22.0 Å². The second-order valence-electron chi connectivity index (χ2n) is 5.36. The molecule has 0 fully saturated rings. The van der Waals surface area contributed by atoms with E-state index >= 15 is 0 Å². The predicted octanol–water partition coefficient (Wildman–Crippen LogP) is 5.15. The zero-order chi connectivity index (χ0) is 17.6. The van der Waals surface area contributed by atoms with Gasteiger partial charge < -0.3 is 10.1 Å². The molecule has 3 aromatic rings. The number of pyridine rings is 1. The fourth-order valence-electron chi connectivity index (χ4n) is 2.15. The number of ether oxygens (including phenoxy) is 1. The third-order valence-corrected chi connectivity index (χ3v) is 4.98. The molecule has 25 heavy (non-hydrogen) atoms. The molecular weight excluding hydrogens is 448 g/mol. The van der Waals surface area contributed by atoms with Gasteiger partial charge in [-0.15, -0.1) is 0 Å². The minimum Gasteiger partial charge on any atom is -0.439 e. The Morgan fingerprint density at radius 2 is 1.80 bits per heavy atom. The van der Waals surface area contributed by atoms with E-state index in [0.29, 0.717) is 5.88 Å². The van der Waals surface area contributed by atoms with Gasteiger partial charge in [0.25, 0.3) is 0 Å². The largest absolute Gasteiger partial charge is 0.439 e. The molecule has 0 saturated heterocycles. The molecule has 0 amide bonds. The van der Waals surface area contributed by atoms with E-state index in [-0.39, 0.29) is 0 Å². The van der Waals surface area contributed by atoms with Crippen LogP contribution in [0.1, 0.15) is 11.3 Å². The highest BCUT2D eigenvalue weighted by atomic mass is 79.9. The molecule has 2 heterocycles. The normalized spacial score (nSPS) is 10.5. The number of hydrogen-bond donors (Lipinski definition) is 1. The Bertz CT molecular complexity index is 839. The molecule has 3 rings (SSSR count). The molecule has 0 atom stereocenters. The SMILES string of the molecule is Cc1ncnc(NCCc2ccc(Oc3ccc(Br)cc3)nc2)c1Br. The summed E-state index contributed by atoms with van der Waals surface area (Å²) in [5.74, 6) is 2.14. The van der Waals surface area contributed by atoms with E-state index in [1.165, 1.54) is 0 Å². The van der Waals surface area contributed by atoms with Crippen LogP contribution in [0, 0.1) is 6.92 Å². The molecule has 1 N–H and O–H groups in total. The lowest BCUT2D eigenvalue weighted by Gasteiger charge is -2.09. The number of aryl methyl sites for hydroxylation is 1. The second kappa shape index (κ2) is 8.40. The lowest BCUT2D eigenvalue weighted by atomic mass is 10.2. The highest BCUT2D eigenvalue weighted by Crippen LogP contribution is 2.23.